The van der Waals surface area contributed by atoms with Crippen molar-refractivity contribution in [2.24, 2.45) is 11.7 Å². The maximum atomic E-state index is 13.4. The molecule has 1 fully saturated rings. The zero-order valence-electron chi connectivity index (χ0n) is 20.7. The van der Waals surface area contributed by atoms with Gasteiger partial charge < -0.3 is 31.5 Å². The van der Waals surface area contributed by atoms with Gasteiger partial charge in [0.25, 0.3) is 0 Å². The number of benzene rings is 1. The van der Waals surface area contributed by atoms with Gasteiger partial charge in [0, 0.05) is 19.4 Å². The van der Waals surface area contributed by atoms with E-state index in [1.165, 1.54) is 4.90 Å². The summed E-state index contributed by atoms with van der Waals surface area (Å²) in [7, 11) is 0. The molecule has 4 unspecified atom stereocenters. The highest BCUT2D eigenvalue weighted by Crippen LogP contribution is 2.20. The monoisotopic (exact) mass is 504 g/mol. The Hall–Kier alpha value is -3.47. The van der Waals surface area contributed by atoms with Gasteiger partial charge in [-0.25, -0.2) is 4.79 Å². The molecule has 0 radical (unpaired) electrons. The molecule has 0 bridgehead atoms. The second kappa shape index (κ2) is 13.6. The number of nitrogens with two attached hydrogens (primary N) is 1. The number of carbonyl (C=O) groups is 5. The SMILES string of the molecule is CC(C)CC(NC(=O)C(Cc1ccccc1)NC(=O)C(N)CCC(=O)O)C(=O)N1CCCC1C(=O)O. The number of nitrogens with one attached hydrogen (secondary N) is 2. The van der Waals surface area contributed by atoms with Crippen LogP contribution in [0.2, 0.25) is 0 Å². The molecular weight excluding hydrogens is 468 g/mol. The predicted octanol–water partition coefficient (Wildman–Crippen LogP) is 0.513. The van der Waals surface area contributed by atoms with Crippen molar-refractivity contribution in [1.82, 2.24) is 15.5 Å². The number of carboxylic acid groups (broad SMARTS) is 2. The highest BCUT2D eigenvalue weighted by atomic mass is 16.4. The standard InChI is InChI=1S/C25H36N4O7/c1-15(2)13-19(24(34)29-12-6-9-20(29)25(35)36)28-23(33)18(14-16-7-4-3-5-8-16)27-22(32)17(26)10-11-21(30)31/h3-5,7-8,15,17-20H,6,9-14,26H2,1-2H3,(H,27,32)(H,28,33)(H,30,31)(H,35,36). The molecule has 1 aromatic rings. The third kappa shape index (κ3) is 8.63. The summed E-state index contributed by atoms with van der Waals surface area (Å²) in [5.74, 6) is -3.90. The number of aliphatic carboxylic acids is 2. The molecule has 1 aliphatic rings. The minimum atomic E-state index is -1.12. The Bertz CT molecular complexity index is 938. The molecule has 11 heteroatoms. The number of amides is 3. The second-order valence-electron chi connectivity index (χ2n) is 9.51. The number of hydrogen-bond donors (Lipinski definition) is 5. The van der Waals surface area contributed by atoms with E-state index in [-0.39, 0.29) is 31.6 Å². The first-order chi connectivity index (χ1) is 17.0. The average Bonchev–Trinajstić information content (AvgIpc) is 3.31. The fraction of sp³-hybridized carbons (Fsp3) is 0.560. The second-order valence-corrected chi connectivity index (χ2v) is 9.51. The van der Waals surface area contributed by atoms with Crippen LogP contribution in [0.15, 0.2) is 30.3 Å². The van der Waals surface area contributed by atoms with Gasteiger partial charge in [0.2, 0.25) is 17.7 Å². The van der Waals surface area contributed by atoms with Crippen molar-refractivity contribution in [2.45, 2.75) is 76.5 Å². The number of hydrogen-bond acceptors (Lipinski definition) is 6. The van der Waals surface area contributed by atoms with Crippen LogP contribution in [-0.4, -0.2) is 75.5 Å². The van der Waals surface area contributed by atoms with Crippen LogP contribution in [0, 0.1) is 5.92 Å². The Kier molecular flexibility index (Phi) is 10.8. The van der Waals surface area contributed by atoms with Gasteiger partial charge in [-0.05, 0) is 37.2 Å². The number of rotatable bonds is 13. The lowest BCUT2D eigenvalue weighted by molar-refractivity contribution is -0.149. The van der Waals surface area contributed by atoms with Gasteiger partial charge in [-0.15, -0.1) is 0 Å². The third-order valence-corrected chi connectivity index (χ3v) is 6.06. The van der Waals surface area contributed by atoms with E-state index in [1.807, 2.05) is 19.9 Å². The van der Waals surface area contributed by atoms with E-state index in [2.05, 4.69) is 10.6 Å². The number of carbonyl (C=O) groups excluding carboxylic acids is 3. The van der Waals surface area contributed by atoms with Gasteiger partial charge >= 0.3 is 11.9 Å². The molecule has 4 atom stereocenters. The zero-order chi connectivity index (χ0) is 26.8. The molecule has 0 saturated carbocycles. The summed E-state index contributed by atoms with van der Waals surface area (Å²) in [6.07, 6.45) is 0.929. The summed E-state index contributed by atoms with van der Waals surface area (Å²) in [5.41, 5.74) is 6.58. The Morgan fingerprint density at radius 3 is 2.25 bits per heavy atom. The maximum absolute atomic E-state index is 13.4. The van der Waals surface area contributed by atoms with E-state index in [9.17, 15) is 29.1 Å². The predicted molar refractivity (Wildman–Crippen MR) is 131 cm³/mol. The van der Waals surface area contributed by atoms with Gasteiger partial charge in [-0.1, -0.05) is 44.2 Å². The first-order valence-corrected chi connectivity index (χ1v) is 12.1. The highest BCUT2D eigenvalue weighted by molar-refractivity contribution is 5.94. The molecule has 0 aromatic heterocycles. The first-order valence-electron chi connectivity index (χ1n) is 12.1. The number of nitrogens with zero attached hydrogens (tertiary/aromatic N) is 1. The molecule has 1 saturated heterocycles. The van der Waals surface area contributed by atoms with Crippen molar-refractivity contribution in [3.8, 4) is 0 Å². The molecular formula is C25H36N4O7. The van der Waals surface area contributed by atoms with Crippen molar-refractivity contribution in [1.29, 1.82) is 0 Å². The van der Waals surface area contributed by atoms with Crippen LogP contribution in [0.25, 0.3) is 0 Å². The van der Waals surface area contributed by atoms with Gasteiger partial charge in [-0.2, -0.15) is 0 Å². The van der Waals surface area contributed by atoms with Crippen LogP contribution in [0.3, 0.4) is 0 Å². The van der Waals surface area contributed by atoms with Crippen LogP contribution in [-0.2, 0) is 30.4 Å². The van der Waals surface area contributed by atoms with E-state index in [4.69, 9.17) is 10.8 Å². The summed E-state index contributed by atoms with van der Waals surface area (Å²) in [6, 6.07) is 4.86. The van der Waals surface area contributed by atoms with Crippen LogP contribution in [0.4, 0.5) is 0 Å². The van der Waals surface area contributed by atoms with Gasteiger partial charge in [-0.3, -0.25) is 19.2 Å². The zero-order valence-corrected chi connectivity index (χ0v) is 20.7. The van der Waals surface area contributed by atoms with Crippen molar-refractivity contribution in [3.05, 3.63) is 35.9 Å². The number of carboxylic acids is 2. The topological polar surface area (TPSA) is 179 Å². The van der Waals surface area contributed by atoms with Crippen molar-refractivity contribution in [3.63, 3.8) is 0 Å². The lowest BCUT2D eigenvalue weighted by Crippen LogP contribution is -2.57. The molecule has 3 amide bonds. The maximum Gasteiger partial charge on any atom is 0.326 e. The van der Waals surface area contributed by atoms with Gasteiger partial charge in [0.15, 0.2) is 0 Å². The van der Waals surface area contributed by atoms with Crippen molar-refractivity contribution in [2.75, 3.05) is 6.54 Å². The Labute approximate surface area is 210 Å². The summed E-state index contributed by atoms with van der Waals surface area (Å²) in [5, 5.41) is 23.7. The molecule has 0 aliphatic carbocycles. The fourth-order valence-corrected chi connectivity index (χ4v) is 4.20. The molecule has 2 rings (SSSR count). The molecule has 1 aromatic carbocycles. The summed E-state index contributed by atoms with van der Waals surface area (Å²) >= 11 is 0. The normalized spacial score (nSPS) is 17.8. The minimum Gasteiger partial charge on any atom is -0.481 e. The van der Waals surface area contributed by atoms with Crippen molar-refractivity contribution >= 4 is 29.7 Å². The average molecular weight is 505 g/mol. The smallest absolute Gasteiger partial charge is 0.326 e. The minimum absolute atomic E-state index is 0.0248. The van der Waals surface area contributed by atoms with E-state index in [1.54, 1.807) is 24.3 Å². The molecule has 11 nitrogen and oxygen atoms in total. The van der Waals surface area contributed by atoms with Gasteiger partial charge in [0.05, 0.1) is 6.04 Å². The molecule has 198 valence electrons. The van der Waals surface area contributed by atoms with Crippen molar-refractivity contribution < 1.29 is 34.2 Å². The van der Waals surface area contributed by atoms with E-state index < -0.39 is 53.8 Å². The van der Waals surface area contributed by atoms with E-state index in [0.717, 1.165) is 5.56 Å². The highest BCUT2D eigenvalue weighted by Gasteiger charge is 2.38. The summed E-state index contributed by atoms with van der Waals surface area (Å²) in [6.45, 7) is 4.06. The van der Waals surface area contributed by atoms with Crippen LogP contribution >= 0.6 is 0 Å². The third-order valence-electron chi connectivity index (χ3n) is 6.06. The summed E-state index contributed by atoms with van der Waals surface area (Å²) < 4.78 is 0. The van der Waals surface area contributed by atoms with Crippen LogP contribution in [0.1, 0.15) is 51.5 Å². The Morgan fingerprint density at radius 1 is 1.03 bits per heavy atom. The fourth-order valence-electron chi connectivity index (χ4n) is 4.20. The quantitative estimate of drug-likeness (QED) is 0.258. The van der Waals surface area contributed by atoms with Crippen LogP contribution in [0.5, 0.6) is 0 Å². The molecule has 6 N–H and O–H groups in total. The van der Waals surface area contributed by atoms with E-state index in [0.29, 0.717) is 19.4 Å². The Balaban J connectivity index is 2.21. The lowest BCUT2D eigenvalue weighted by atomic mass is 10.00. The van der Waals surface area contributed by atoms with Gasteiger partial charge in [0.1, 0.15) is 18.1 Å². The lowest BCUT2D eigenvalue weighted by Gasteiger charge is -2.30. The Morgan fingerprint density at radius 2 is 1.67 bits per heavy atom. The molecule has 0 spiro atoms. The molecule has 1 heterocycles. The number of likely N-dealkylation sites (tertiary alicyclic amines) is 1. The van der Waals surface area contributed by atoms with Crippen LogP contribution < -0.4 is 16.4 Å². The molecule has 1 aliphatic heterocycles. The largest absolute Gasteiger partial charge is 0.481 e. The summed E-state index contributed by atoms with van der Waals surface area (Å²) in [4.78, 5) is 63.0. The van der Waals surface area contributed by atoms with E-state index >= 15 is 0 Å². The first kappa shape index (κ1) is 28.8. The molecule has 36 heavy (non-hydrogen) atoms.